The summed E-state index contributed by atoms with van der Waals surface area (Å²) in [6, 6.07) is 6.60. The summed E-state index contributed by atoms with van der Waals surface area (Å²) in [5.41, 5.74) is 6.54. The highest BCUT2D eigenvalue weighted by Gasteiger charge is 2.13. The number of rotatable bonds is 8. The fraction of sp³-hybridized carbons (Fsp3) is 0.400. The summed E-state index contributed by atoms with van der Waals surface area (Å²) >= 11 is 0. The Morgan fingerprint density at radius 2 is 2.00 bits per heavy atom. The van der Waals surface area contributed by atoms with Gasteiger partial charge in [-0.1, -0.05) is 32.1 Å². The predicted octanol–water partition coefficient (Wildman–Crippen LogP) is 1.21. The molecule has 6 nitrogen and oxygen atoms in total. The summed E-state index contributed by atoms with van der Waals surface area (Å²) in [4.78, 5) is 4.40. The Balaban J connectivity index is 2.68. The number of guanidine groups is 1. The minimum absolute atomic E-state index is 0.249. The van der Waals surface area contributed by atoms with Gasteiger partial charge in [0.1, 0.15) is 0 Å². The van der Waals surface area contributed by atoms with Crippen LogP contribution in [-0.2, 0) is 16.6 Å². The number of sulfonamides is 1. The highest BCUT2D eigenvalue weighted by molar-refractivity contribution is 7.89. The lowest BCUT2D eigenvalue weighted by atomic mass is 10.2. The molecule has 0 bridgehead atoms. The van der Waals surface area contributed by atoms with Gasteiger partial charge in [0, 0.05) is 13.1 Å². The van der Waals surface area contributed by atoms with Crippen LogP contribution in [0.4, 0.5) is 0 Å². The molecule has 1 rings (SSSR count). The molecule has 0 amide bonds. The van der Waals surface area contributed by atoms with Crippen LogP contribution in [0.2, 0.25) is 0 Å². The molecule has 0 atom stereocenters. The third kappa shape index (κ3) is 6.28. The van der Waals surface area contributed by atoms with E-state index in [1.807, 2.05) is 13.8 Å². The molecular weight excluding hydrogens is 300 g/mol. The first-order chi connectivity index (χ1) is 10.3. The fourth-order valence-electron chi connectivity index (χ4n) is 1.54. The van der Waals surface area contributed by atoms with Crippen LogP contribution in [0.5, 0.6) is 0 Å². The maximum Gasteiger partial charge on any atom is 0.240 e. The number of nitrogens with two attached hydrogens (primary N) is 1. The van der Waals surface area contributed by atoms with Crippen LogP contribution < -0.4 is 15.8 Å². The molecule has 0 spiro atoms. The van der Waals surface area contributed by atoms with Crippen LogP contribution in [0.15, 0.2) is 46.8 Å². The Morgan fingerprint density at radius 3 is 2.55 bits per heavy atom. The third-order valence-corrected chi connectivity index (χ3v) is 4.21. The number of nitrogens with zero attached hydrogens (tertiary/aromatic N) is 1. The molecule has 0 saturated carbocycles. The van der Waals surface area contributed by atoms with E-state index in [9.17, 15) is 8.42 Å². The van der Waals surface area contributed by atoms with E-state index in [1.54, 1.807) is 30.3 Å². The second-order valence-electron chi connectivity index (χ2n) is 5.26. The zero-order valence-electron chi connectivity index (χ0n) is 13.0. The van der Waals surface area contributed by atoms with Crippen molar-refractivity contribution >= 4 is 16.0 Å². The van der Waals surface area contributed by atoms with Crippen LogP contribution >= 0.6 is 0 Å². The van der Waals surface area contributed by atoms with E-state index >= 15 is 0 Å². The molecule has 0 unspecified atom stereocenters. The topological polar surface area (TPSA) is 96.6 Å². The number of hydrogen-bond acceptors (Lipinski definition) is 3. The maximum atomic E-state index is 12.1. The van der Waals surface area contributed by atoms with Crippen molar-refractivity contribution in [3.63, 3.8) is 0 Å². The lowest BCUT2D eigenvalue weighted by molar-refractivity contribution is 0.560. The van der Waals surface area contributed by atoms with Gasteiger partial charge in [0.05, 0.1) is 11.4 Å². The normalized spacial score (nSPS) is 12.4. The van der Waals surface area contributed by atoms with Crippen molar-refractivity contribution in [3.05, 3.63) is 42.5 Å². The molecule has 22 heavy (non-hydrogen) atoms. The summed E-state index contributed by atoms with van der Waals surface area (Å²) in [5, 5.41) is 2.87. The quantitative estimate of drug-likeness (QED) is 0.380. The Morgan fingerprint density at radius 1 is 1.36 bits per heavy atom. The van der Waals surface area contributed by atoms with Crippen LogP contribution in [-0.4, -0.2) is 27.5 Å². The van der Waals surface area contributed by atoms with Gasteiger partial charge < -0.3 is 11.1 Å². The minimum Gasteiger partial charge on any atom is -0.370 e. The van der Waals surface area contributed by atoms with Crippen molar-refractivity contribution in [3.8, 4) is 0 Å². The first-order valence-electron chi connectivity index (χ1n) is 7.08. The molecular formula is C15H24N4O2S. The molecule has 0 saturated heterocycles. The van der Waals surface area contributed by atoms with E-state index in [1.165, 1.54) is 0 Å². The van der Waals surface area contributed by atoms with Gasteiger partial charge in [0.25, 0.3) is 0 Å². The van der Waals surface area contributed by atoms with Crippen LogP contribution in [0.1, 0.15) is 19.4 Å². The van der Waals surface area contributed by atoms with Crippen molar-refractivity contribution in [2.24, 2.45) is 16.6 Å². The smallest absolute Gasteiger partial charge is 0.240 e. The first kappa shape index (κ1) is 18.2. The molecule has 0 aliphatic carbocycles. The fourth-order valence-corrected chi connectivity index (χ4v) is 2.76. The monoisotopic (exact) mass is 324 g/mol. The predicted molar refractivity (Wildman–Crippen MR) is 90.0 cm³/mol. The highest BCUT2D eigenvalue weighted by atomic mass is 32.2. The Hall–Kier alpha value is -1.86. The van der Waals surface area contributed by atoms with E-state index in [4.69, 9.17) is 5.73 Å². The Bertz CT molecular complexity index is 607. The van der Waals surface area contributed by atoms with Gasteiger partial charge >= 0.3 is 0 Å². The summed E-state index contributed by atoms with van der Waals surface area (Å²) in [5.74, 6) is 0.588. The Kier molecular flexibility index (Phi) is 7.07. The Labute approximate surface area is 132 Å². The molecule has 7 heteroatoms. The van der Waals surface area contributed by atoms with Gasteiger partial charge in [-0.25, -0.2) is 18.1 Å². The first-order valence-corrected chi connectivity index (χ1v) is 8.56. The second kappa shape index (κ2) is 8.55. The van der Waals surface area contributed by atoms with E-state index in [0.717, 1.165) is 5.56 Å². The molecule has 0 aliphatic rings. The summed E-state index contributed by atoms with van der Waals surface area (Å²) in [6.07, 6.45) is 1.69. The highest BCUT2D eigenvalue weighted by Crippen LogP contribution is 2.11. The summed E-state index contributed by atoms with van der Waals surface area (Å²) in [7, 11) is -3.45. The van der Waals surface area contributed by atoms with Gasteiger partial charge in [-0.3, -0.25) is 0 Å². The summed E-state index contributed by atoms with van der Waals surface area (Å²) < 4.78 is 26.7. The van der Waals surface area contributed by atoms with Gasteiger partial charge in [-0.15, -0.1) is 6.58 Å². The summed E-state index contributed by atoms with van der Waals surface area (Å²) in [6.45, 7) is 8.83. The lowest BCUT2D eigenvalue weighted by Crippen LogP contribution is -2.31. The average Bonchev–Trinajstić information content (AvgIpc) is 2.49. The zero-order chi connectivity index (χ0) is 16.6. The van der Waals surface area contributed by atoms with Gasteiger partial charge in [0.2, 0.25) is 10.0 Å². The third-order valence-electron chi connectivity index (χ3n) is 2.77. The molecule has 0 aromatic heterocycles. The van der Waals surface area contributed by atoms with Crippen molar-refractivity contribution < 1.29 is 8.42 Å². The van der Waals surface area contributed by atoms with E-state index in [2.05, 4.69) is 21.6 Å². The van der Waals surface area contributed by atoms with Crippen molar-refractivity contribution in [1.29, 1.82) is 0 Å². The largest absolute Gasteiger partial charge is 0.370 e. The van der Waals surface area contributed by atoms with Crippen molar-refractivity contribution in [2.75, 3.05) is 13.1 Å². The molecule has 0 radical (unpaired) electrons. The number of hydrogen-bond donors (Lipinski definition) is 3. The molecule has 122 valence electrons. The SMILES string of the molecule is C=CCNC(N)=NCc1ccc(S(=O)(=O)NCC(C)C)cc1. The maximum absolute atomic E-state index is 12.1. The number of aliphatic imine (C=N–C) groups is 1. The minimum atomic E-state index is -3.45. The standard InChI is InChI=1S/C15H24N4O2S/c1-4-9-17-15(16)18-11-13-5-7-14(8-6-13)22(20,21)19-10-12(2)3/h4-8,12,19H,1,9-11H2,2-3H3,(H3,16,17,18). The van der Waals surface area contributed by atoms with Crippen molar-refractivity contribution in [1.82, 2.24) is 10.0 Å². The van der Waals surface area contributed by atoms with Crippen LogP contribution in [0.3, 0.4) is 0 Å². The van der Waals surface area contributed by atoms with Gasteiger partial charge in [-0.2, -0.15) is 0 Å². The van der Waals surface area contributed by atoms with Crippen molar-refractivity contribution in [2.45, 2.75) is 25.3 Å². The van der Waals surface area contributed by atoms with Crippen LogP contribution in [0.25, 0.3) is 0 Å². The second-order valence-corrected chi connectivity index (χ2v) is 7.03. The molecule has 0 fully saturated rings. The van der Waals surface area contributed by atoms with E-state index < -0.39 is 10.0 Å². The molecule has 1 aromatic carbocycles. The molecule has 4 N–H and O–H groups in total. The van der Waals surface area contributed by atoms with Gasteiger partial charge in [-0.05, 0) is 23.6 Å². The van der Waals surface area contributed by atoms with E-state index in [0.29, 0.717) is 25.6 Å². The zero-order valence-corrected chi connectivity index (χ0v) is 13.9. The molecule has 1 aromatic rings. The molecule has 0 heterocycles. The van der Waals surface area contributed by atoms with Gasteiger partial charge in [0.15, 0.2) is 5.96 Å². The molecule has 0 aliphatic heterocycles. The lowest BCUT2D eigenvalue weighted by Gasteiger charge is -2.09. The van der Waals surface area contributed by atoms with Crippen LogP contribution in [0, 0.1) is 5.92 Å². The van der Waals surface area contributed by atoms with E-state index in [-0.39, 0.29) is 10.8 Å². The average molecular weight is 324 g/mol. The number of nitrogens with one attached hydrogen (secondary N) is 2. The number of benzene rings is 1.